The zero-order chi connectivity index (χ0) is 17.3. The highest BCUT2D eigenvalue weighted by molar-refractivity contribution is 5.28. The average molecular weight is 332 g/mol. The summed E-state index contributed by atoms with van der Waals surface area (Å²) in [6.07, 6.45) is 15.2. The Kier molecular flexibility index (Phi) is 8.28. The monoisotopic (exact) mass is 331 g/mol. The third-order valence-electron chi connectivity index (χ3n) is 5.70. The molecule has 3 N–H and O–H groups in total. The molecule has 1 fully saturated rings. The topological polar surface area (TPSA) is 46.2 Å². The summed E-state index contributed by atoms with van der Waals surface area (Å²) in [7, 11) is 0. The summed E-state index contributed by atoms with van der Waals surface area (Å²) in [5.41, 5.74) is 8.78. The Morgan fingerprint density at radius 3 is 2.46 bits per heavy atom. The normalized spacial score (nSPS) is 23.7. The molecule has 136 valence electrons. The smallest absolute Gasteiger partial charge is 0.0611 e. The summed E-state index contributed by atoms with van der Waals surface area (Å²) in [6.45, 7) is 2.39. The standard InChI is InChI=1S/C22H37NO/c1-2-3-4-5-6-7-8-9-11-19-12-10-13-20(16-19)21-14-15-22(23,17-21)18-24/h10,12-13,16,21,24H,2-9,11,14-15,17-18,23H2,1H3/t21-,22?/m0/s1. The van der Waals surface area contributed by atoms with Crippen molar-refractivity contribution < 1.29 is 5.11 Å². The van der Waals surface area contributed by atoms with Crippen molar-refractivity contribution in [2.45, 2.75) is 95.4 Å². The largest absolute Gasteiger partial charge is 0.394 e. The zero-order valence-electron chi connectivity index (χ0n) is 15.6. The summed E-state index contributed by atoms with van der Waals surface area (Å²) in [4.78, 5) is 0. The number of unbranched alkanes of at least 4 members (excludes halogenated alkanes) is 7. The first-order chi connectivity index (χ1) is 11.7. The first-order valence-corrected chi connectivity index (χ1v) is 10.2. The molecule has 1 aromatic carbocycles. The van der Waals surface area contributed by atoms with Crippen LogP contribution in [0.5, 0.6) is 0 Å². The maximum Gasteiger partial charge on any atom is 0.0611 e. The molecule has 1 saturated carbocycles. The molecule has 1 aliphatic carbocycles. The van der Waals surface area contributed by atoms with Gasteiger partial charge in [-0.25, -0.2) is 0 Å². The molecule has 2 heteroatoms. The van der Waals surface area contributed by atoms with Crippen molar-refractivity contribution in [3.63, 3.8) is 0 Å². The van der Waals surface area contributed by atoms with E-state index in [9.17, 15) is 5.11 Å². The maximum absolute atomic E-state index is 9.45. The molecule has 1 aliphatic rings. The quantitative estimate of drug-likeness (QED) is 0.539. The number of nitrogens with two attached hydrogens (primary N) is 1. The first kappa shape index (κ1) is 19.5. The minimum atomic E-state index is -0.349. The molecule has 0 saturated heterocycles. The lowest BCUT2D eigenvalue weighted by molar-refractivity contribution is 0.198. The summed E-state index contributed by atoms with van der Waals surface area (Å²) in [5.74, 6) is 0.528. The van der Waals surface area contributed by atoms with Crippen LogP contribution in [0.1, 0.15) is 94.6 Å². The Hall–Kier alpha value is -0.860. The van der Waals surface area contributed by atoms with Gasteiger partial charge in [-0.2, -0.15) is 0 Å². The predicted molar refractivity (Wildman–Crippen MR) is 103 cm³/mol. The zero-order valence-corrected chi connectivity index (χ0v) is 15.6. The van der Waals surface area contributed by atoms with E-state index in [-0.39, 0.29) is 12.1 Å². The van der Waals surface area contributed by atoms with Crippen LogP contribution in [0, 0.1) is 0 Å². The van der Waals surface area contributed by atoms with Crippen molar-refractivity contribution in [2.24, 2.45) is 5.73 Å². The molecular formula is C22H37NO. The van der Waals surface area contributed by atoms with Crippen molar-refractivity contribution in [1.29, 1.82) is 0 Å². The summed E-state index contributed by atoms with van der Waals surface area (Å²) in [5, 5.41) is 9.45. The van der Waals surface area contributed by atoms with Crippen LogP contribution in [-0.4, -0.2) is 17.3 Å². The van der Waals surface area contributed by atoms with E-state index in [2.05, 4.69) is 31.2 Å². The van der Waals surface area contributed by atoms with Crippen LogP contribution < -0.4 is 5.73 Å². The van der Waals surface area contributed by atoms with Gasteiger partial charge in [0.05, 0.1) is 6.61 Å². The van der Waals surface area contributed by atoms with Gasteiger partial charge in [-0.15, -0.1) is 0 Å². The van der Waals surface area contributed by atoms with Crippen LogP contribution in [0.2, 0.25) is 0 Å². The highest BCUT2D eigenvalue weighted by Crippen LogP contribution is 2.39. The minimum Gasteiger partial charge on any atom is -0.394 e. The van der Waals surface area contributed by atoms with Crippen LogP contribution in [0.25, 0.3) is 0 Å². The second-order valence-electron chi connectivity index (χ2n) is 7.93. The van der Waals surface area contributed by atoms with Gasteiger partial charge in [0.2, 0.25) is 0 Å². The van der Waals surface area contributed by atoms with Crippen molar-refractivity contribution in [3.8, 4) is 0 Å². The average Bonchev–Trinajstić information content (AvgIpc) is 3.01. The first-order valence-electron chi connectivity index (χ1n) is 10.2. The fraction of sp³-hybridized carbons (Fsp3) is 0.727. The Bertz CT molecular complexity index is 473. The third-order valence-corrected chi connectivity index (χ3v) is 5.70. The maximum atomic E-state index is 9.45. The van der Waals surface area contributed by atoms with Crippen LogP contribution in [0.3, 0.4) is 0 Å². The van der Waals surface area contributed by atoms with Gasteiger partial charge in [0.25, 0.3) is 0 Å². The molecule has 0 aliphatic heterocycles. The van der Waals surface area contributed by atoms with Crippen molar-refractivity contribution >= 4 is 0 Å². The lowest BCUT2D eigenvalue weighted by atomic mass is 9.92. The summed E-state index contributed by atoms with van der Waals surface area (Å²) < 4.78 is 0. The van der Waals surface area contributed by atoms with Gasteiger partial charge in [0.1, 0.15) is 0 Å². The van der Waals surface area contributed by atoms with E-state index < -0.39 is 0 Å². The number of hydrogen-bond donors (Lipinski definition) is 2. The number of hydrogen-bond acceptors (Lipinski definition) is 2. The molecule has 0 heterocycles. The van der Waals surface area contributed by atoms with E-state index >= 15 is 0 Å². The lowest BCUT2D eigenvalue weighted by Crippen LogP contribution is -2.40. The lowest BCUT2D eigenvalue weighted by Gasteiger charge is -2.21. The van der Waals surface area contributed by atoms with E-state index in [0.717, 1.165) is 19.3 Å². The van der Waals surface area contributed by atoms with Gasteiger partial charge in [0.15, 0.2) is 0 Å². The number of aliphatic hydroxyl groups is 1. The van der Waals surface area contributed by atoms with Gasteiger partial charge in [-0.05, 0) is 49.1 Å². The van der Waals surface area contributed by atoms with E-state index in [1.54, 1.807) is 0 Å². The molecule has 1 aromatic rings. The fourth-order valence-corrected chi connectivity index (χ4v) is 4.05. The SMILES string of the molecule is CCCCCCCCCCc1cccc([C@H]2CCC(N)(CO)C2)c1. The van der Waals surface area contributed by atoms with Gasteiger partial charge in [-0.1, -0.05) is 76.1 Å². The van der Waals surface area contributed by atoms with Crippen molar-refractivity contribution in [2.75, 3.05) is 6.61 Å². The Labute approximate surface area is 148 Å². The Morgan fingerprint density at radius 1 is 1.08 bits per heavy atom. The van der Waals surface area contributed by atoms with Crippen LogP contribution in [0.15, 0.2) is 24.3 Å². The van der Waals surface area contributed by atoms with Gasteiger partial charge in [-0.3, -0.25) is 0 Å². The molecule has 2 nitrogen and oxygen atoms in total. The molecule has 2 rings (SSSR count). The van der Waals surface area contributed by atoms with Gasteiger partial charge in [0, 0.05) is 5.54 Å². The highest BCUT2D eigenvalue weighted by Gasteiger charge is 2.35. The van der Waals surface area contributed by atoms with E-state index in [1.807, 2.05) is 0 Å². The summed E-state index contributed by atoms with van der Waals surface area (Å²) in [6, 6.07) is 9.09. The molecule has 0 aromatic heterocycles. The number of benzene rings is 1. The molecule has 0 radical (unpaired) electrons. The Morgan fingerprint density at radius 2 is 1.79 bits per heavy atom. The van der Waals surface area contributed by atoms with Crippen LogP contribution in [-0.2, 0) is 6.42 Å². The molecule has 0 amide bonds. The number of aryl methyl sites for hydroxylation is 1. The van der Waals surface area contributed by atoms with Gasteiger partial charge < -0.3 is 10.8 Å². The van der Waals surface area contributed by atoms with E-state index in [0.29, 0.717) is 5.92 Å². The Balaban J connectivity index is 1.70. The molecule has 0 spiro atoms. The van der Waals surface area contributed by atoms with Gasteiger partial charge >= 0.3 is 0 Å². The van der Waals surface area contributed by atoms with Crippen molar-refractivity contribution in [3.05, 3.63) is 35.4 Å². The predicted octanol–water partition coefficient (Wildman–Crippen LogP) is 5.33. The molecule has 2 atom stereocenters. The third kappa shape index (κ3) is 6.22. The van der Waals surface area contributed by atoms with E-state index in [1.165, 1.54) is 68.9 Å². The second-order valence-corrected chi connectivity index (χ2v) is 7.93. The second kappa shape index (κ2) is 10.2. The van der Waals surface area contributed by atoms with Crippen molar-refractivity contribution in [1.82, 2.24) is 0 Å². The molecular weight excluding hydrogens is 294 g/mol. The van der Waals surface area contributed by atoms with Crippen LogP contribution in [0.4, 0.5) is 0 Å². The molecule has 0 bridgehead atoms. The molecule has 1 unspecified atom stereocenters. The fourth-order valence-electron chi connectivity index (χ4n) is 4.05. The van der Waals surface area contributed by atoms with Crippen LogP contribution >= 0.6 is 0 Å². The molecule has 24 heavy (non-hydrogen) atoms. The number of aliphatic hydroxyl groups excluding tert-OH is 1. The number of rotatable bonds is 11. The van der Waals surface area contributed by atoms with E-state index in [4.69, 9.17) is 5.73 Å². The highest BCUT2D eigenvalue weighted by atomic mass is 16.3. The minimum absolute atomic E-state index is 0.113. The summed E-state index contributed by atoms with van der Waals surface area (Å²) >= 11 is 0.